The molecule has 1 aliphatic heterocycles. The molecule has 0 unspecified atom stereocenters. The second kappa shape index (κ2) is 13.7. The van der Waals surface area contributed by atoms with E-state index in [0.717, 1.165) is 0 Å². The summed E-state index contributed by atoms with van der Waals surface area (Å²) in [6, 6.07) is 0. The van der Waals surface area contributed by atoms with E-state index in [-0.39, 0.29) is 86.7 Å². The average Bonchev–Trinajstić information content (AvgIpc) is 1.86. The molecule has 0 N–H and O–H groups in total. The van der Waals surface area contributed by atoms with Crippen molar-refractivity contribution < 1.29 is 63.4 Å². The molecule has 0 spiro atoms. The second-order valence-corrected chi connectivity index (χ2v) is 6.58. The van der Waals surface area contributed by atoms with Crippen molar-refractivity contribution in [1.29, 1.82) is 0 Å². The molecule has 0 amide bonds. The Hall–Kier alpha value is 2.12. The Balaban J connectivity index is -0.0000000450. The predicted molar refractivity (Wildman–Crippen MR) is 28.7 cm³/mol. The van der Waals surface area contributed by atoms with Gasteiger partial charge in [0.15, 0.2) is 0 Å². The van der Waals surface area contributed by atoms with Crippen molar-refractivity contribution >= 4 is 23.2 Å². The monoisotopic (exact) mass is 470 g/mol. The Morgan fingerprint density at radius 1 is 1.30 bits per heavy atom. The van der Waals surface area contributed by atoms with Crippen molar-refractivity contribution in [1.82, 2.24) is 0 Å². The van der Waals surface area contributed by atoms with E-state index in [2.05, 4.69) is 22.9 Å². The van der Waals surface area contributed by atoms with E-state index in [0.29, 0.717) is 0 Å². The van der Waals surface area contributed by atoms with Crippen molar-refractivity contribution in [3.05, 3.63) is 19.2 Å². The number of halogens is 3. The average molecular weight is 473 g/mol. The van der Waals surface area contributed by atoms with Gasteiger partial charge in [-0.1, -0.05) is 0 Å². The molecule has 1 rings (SSSR count). The molecular formula is C5H6BiCl3Zr. The van der Waals surface area contributed by atoms with E-state index in [1.54, 1.807) is 0 Å². The normalized spacial score (nSPS) is 11.1. The van der Waals surface area contributed by atoms with Crippen molar-refractivity contribution in [2.24, 2.45) is 0 Å². The minimum atomic E-state index is -0.315. The van der Waals surface area contributed by atoms with Crippen LogP contribution in [-0.4, -0.2) is 23.2 Å². The first-order valence-corrected chi connectivity index (χ1v) is 6.10. The van der Waals surface area contributed by atoms with E-state index in [4.69, 9.17) is 0 Å². The van der Waals surface area contributed by atoms with Crippen molar-refractivity contribution in [3.63, 3.8) is 0 Å². The largest absolute Gasteiger partial charge is 4.00 e. The minimum Gasteiger partial charge on any atom is -1.00 e. The Morgan fingerprint density at radius 2 is 1.80 bits per heavy atom. The molecule has 10 heavy (non-hydrogen) atoms. The molecule has 1 aliphatic rings. The first-order valence-electron chi connectivity index (χ1n) is 1.91. The molecule has 0 nitrogen and oxygen atoms in total. The maximum absolute atomic E-state index is 3.14. The van der Waals surface area contributed by atoms with Crippen LogP contribution in [0.2, 0.25) is 0 Å². The summed E-state index contributed by atoms with van der Waals surface area (Å²) in [6.07, 6.45) is 5.20. The fourth-order valence-electron chi connectivity index (χ4n) is 0.375. The summed E-state index contributed by atoms with van der Waals surface area (Å²) in [4.78, 5) is 0. The molecule has 1 heterocycles. The Labute approximate surface area is 111 Å². The molecule has 0 saturated carbocycles. The van der Waals surface area contributed by atoms with Gasteiger partial charge in [-0.25, -0.2) is 0 Å². The van der Waals surface area contributed by atoms with Gasteiger partial charge in [0, 0.05) is 0 Å². The SMILES string of the molecule is C[C]1=[C-]C=[CH][BiH]1.[Cl-].[Cl-].[Cl-].[Zr+4]. The van der Waals surface area contributed by atoms with Crippen LogP contribution in [0.4, 0.5) is 0 Å². The summed E-state index contributed by atoms with van der Waals surface area (Å²) in [6.45, 7) is 2.17. The van der Waals surface area contributed by atoms with Gasteiger partial charge in [0.2, 0.25) is 0 Å². The molecule has 0 aromatic rings. The summed E-state index contributed by atoms with van der Waals surface area (Å²) < 4.78 is 3.84. The quantitative estimate of drug-likeness (QED) is 0.243. The van der Waals surface area contributed by atoms with Crippen molar-refractivity contribution in [2.45, 2.75) is 6.92 Å². The van der Waals surface area contributed by atoms with Crippen LogP contribution in [0.3, 0.4) is 0 Å². The van der Waals surface area contributed by atoms with E-state index >= 15 is 0 Å². The van der Waals surface area contributed by atoms with Gasteiger partial charge < -0.3 is 37.2 Å². The van der Waals surface area contributed by atoms with Crippen LogP contribution in [0.1, 0.15) is 6.92 Å². The van der Waals surface area contributed by atoms with Crippen LogP contribution in [0, 0.1) is 6.08 Å². The van der Waals surface area contributed by atoms with E-state index in [9.17, 15) is 0 Å². The molecular weight excluding hydrogens is 467 g/mol. The van der Waals surface area contributed by atoms with Gasteiger partial charge in [0.05, 0.1) is 0 Å². The van der Waals surface area contributed by atoms with Crippen molar-refractivity contribution in [2.75, 3.05) is 0 Å². The minimum absolute atomic E-state index is 0. The summed E-state index contributed by atoms with van der Waals surface area (Å²) >= 11 is -0.315. The fraction of sp³-hybridized carbons (Fsp3) is 0.200. The summed E-state index contributed by atoms with van der Waals surface area (Å²) in [5.41, 5.74) is 0. The predicted octanol–water partition coefficient (Wildman–Crippen LogP) is -8.33. The first kappa shape index (κ1) is 22.7. The molecule has 0 atom stereocenters. The zero-order valence-electron chi connectivity index (χ0n) is 5.29. The van der Waals surface area contributed by atoms with Gasteiger partial charge in [-0.15, -0.1) is 0 Å². The summed E-state index contributed by atoms with van der Waals surface area (Å²) in [5, 5.41) is 0. The van der Waals surface area contributed by atoms with Crippen molar-refractivity contribution in [3.8, 4) is 0 Å². The third-order valence-corrected chi connectivity index (χ3v) is 4.22. The van der Waals surface area contributed by atoms with Gasteiger partial charge in [-0.05, 0) is 0 Å². The standard InChI is InChI=1S/C5H5.Bi.3ClH.Zr.H/c1-3-5-4-2;;;;;;/h1,3H,2H3;;3*1H;;/q-1;;;;;+4;/p-3. The maximum atomic E-state index is 3.14. The van der Waals surface area contributed by atoms with E-state index in [1.807, 2.05) is 0 Å². The topological polar surface area (TPSA) is 0 Å². The molecule has 0 bridgehead atoms. The third-order valence-electron chi connectivity index (χ3n) is 0.683. The molecule has 5 heteroatoms. The summed E-state index contributed by atoms with van der Waals surface area (Å²) in [7, 11) is 0. The van der Waals surface area contributed by atoms with Crippen LogP contribution in [-0.2, 0) is 26.2 Å². The number of allylic oxidation sites excluding steroid dienone is 3. The summed E-state index contributed by atoms with van der Waals surface area (Å²) in [5.74, 6) is 0. The third kappa shape index (κ3) is 10.1. The zero-order valence-corrected chi connectivity index (χ0v) is 13.9. The van der Waals surface area contributed by atoms with E-state index < -0.39 is 0 Å². The van der Waals surface area contributed by atoms with E-state index in [1.165, 1.54) is 3.28 Å². The van der Waals surface area contributed by atoms with Gasteiger partial charge in [0.25, 0.3) is 0 Å². The fourth-order valence-corrected chi connectivity index (χ4v) is 2.64. The first-order chi connectivity index (χ1) is 2.89. The van der Waals surface area contributed by atoms with Gasteiger partial charge in [-0.2, -0.15) is 0 Å². The van der Waals surface area contributed by atoms with Crippen LogP contribution < -0.4 is 37.2 Å². The molecule has 56 valence electrons. The zero-order chi connectivity index (χ0) is 4.41. The maximum Gasteiger partial charge on any atom is 4.00 e. The van der Waals surface area contributed by atoms with Gasteiger partial charge in [0.1, 0.15) is 0 Å². The molecule has 0 aliphatic carbocycles. The smallest absolute Gasteiger partial charge is 1.00 e. The Kier molecular flexibility index (Phi) is 31.1. The van der Waals surface area contributed by atoms with Gasteiger partial charge in [-0.3, -0.25) is 0 Å². The number of hydrogen-bond donors (Lipinski definition) is 0. The van der Waals surface area contributed by atoms with Crippen LogP contribution >= 0.6 is 0 Å². The molecule has 0 radical (unpaired) electrons. The molecule has 0 fully saturated rings. The molecule has 0 aromatic carbocycles. The molecule has 0 saturated heterocycles. The van der Waals surface area contributed by atoms with Gasteiger partial charge >= 0.3 is 75.6 Å². The number of hydrogen-bond acceptors (Lipinski definition) is 0. The Bertz CT molecular complexity index is 113. The Morgan fingerprint density at radius 3 is 1.90 bits per heavy atom. The molecule has 0 aromatic heterocycles. The second-order valence-electron chi connectivity index (χ2n) is 1.25. The van der Waals surface area contributed by atoms with Crippen LogP contribution in [0.15, 0.2) is 13.1 Å². The van der Waals surface area contributed by atoms with Crippen LogP contribution in [0.5, 0.6) is 0 Å². The number of rotatable bonds is 0. The van der Waals surface area contributed by atoms with Crippen LogP contribution in [0.25, 0.3) is 0 Å².